The highest BCUT2D eigenvalue weighted by Gasteiger charge is 2.28. The molecule has 0 saturated carbocycles. The number of carbonyl (C=O) groups is 4. The van der Waals surface area contributed by atoms with Gasteiger partial charge in [-0.1, -0.05) is 112 Å². The fourth-order valence-corrected chi connectivity index (χ4v) is 9.69. The van der Waals surface area contributed by atoms with Gasteiger partial charge in [0.05, 0.1) is 6.61 Å². The number of halogens is 4. The second kappa shape index (κ2) is 45.2. The number of aryl methyl sites for hydroxylation is 4. The molecule has 0 saturated heterocycles. The molecule has 6 aromatic rings. The van der Waals surface area contributed by atoms with Crippen molar-refractivity contribution in [3.05, 3.63) is 189 Å². The predicted molar refractivity (Wildman–Crippen MR) is 390 cm³/mol. The first kappa shape index (κ1) is 91.2. The maximum atomic E-state index is 13.0. The molecule has 0 aliphatic carbocycles. The first-order chi connectivity index (χ1) is 46.3. The molecular weight excluding hydrogens is 1420 g/mol. The maximum absolute atomic E-state index is 13.0. The number of aliphatic hydroxyl groups is 1. The van der Waals surface area contributed by atoms with Gasteiger partial charge in [0, 0.05) is 54.1 Å². The average Bonchev–Trinajstić information content (AvgIpc) is 0.855. The Kier molecular flexibility index (Phi) is 41.2. The molecule has 0 spiro atoms. The van der Waals surface area contributed by atoms with Gasteiger partial charge in [0.25, 0.3) is 0 Å². The summed E-state index contributed by atoms with van der Waals surface area (Å²) in [4.78, 5) is 46.4. The van der Waals surface area contributed by atoms with Crippen LogP contribution in [0.3, 0.4) is 0 Å². The minimum absolute atomic E-state index is 0. The molecule has 0 radical (unpaired) electrons. The molecule has 6 aromatic carbocycles. The van der Waals surface area contributed by atoms with Crippen LogP contribution in [0.15, 0.2) is 133 Å². The van der Waals surface area contributed by atoms with Crippen LogP contribution in [0, 0.1) is 0 Å². The summed E-state index contributed by atoms with van der Waals surface area (Å²) in [5.41, 5.74) is 5.38. The molecule has 100 heavy (non-hydrogen) atoms. The fourth-order valence-electron chi connectivity index (χ4n) is 8.26. The lowest BCUT2D eigenvalue weighted by Gasteiger charge is -2.20. The Morgan fingerprint density at radius 3 is 0.950 bits per heavy atom. The number of alkyl halides is 3. The van der Waals surface area contributed by atoms with Gasteiger partial charge >= 0.3 is 39.5 Å². The van der Waals surface area contributed by atoms with Gasteiger partial charge < -0.3 is 42.9 Å². The molecular formula is C74H104BrF3O19P2Si. The molecule has 26 heteroatoms. The second-order valence-corrected chi connectivity index (χ2v) is 40.8. The van der Waals surface area contributed by atoms with Gasteiger partial charge in [-0.3, -0.25) is 37.3 Å². The van der Waals surface area contributed by atoms with Crippen LogP contribution in [0.4, 0.5) is 13.2 Å². The van der Waals surface area contributed by atoms with Crippen molar-refractivity contribution in [2.45, 2.75) is 197 Å². The van der Waals surface area contributed by atoms with E-state index in [1.165, 1.54) is 44.6 Å². The number of benzene rings is 6. The maximum Gasteiger partial charge on any atom is 0.529 e. The summed E-state index contributed by atoms with van der Waals surface area (Å²) in [5.74, 6) is -0.139. The van der Waals surface area contributed by atoms with Gasteiger partial charge in [0.15, 0.2) is 0 Å². The topological polar surface area (TPSA) is 244 Å². The summed E-state index contributed by atoms with van der Waals surface area (Å²) in [7, 11) is -2.77. The van der Waals surface area contributed by atoms with E-state index in [1.54, 1.807) is 45.0 Å². The van der Waals surface area contributed by atoms with E-state index in [4.69, 9.17) is 46.9 Å². The number of carbonyl (C=O) groups excluding carboxylic acids is 3. The quantitative estimate of drug-likeness (QED) is 0.0140. The number of rotatable bonds is 30. The average molecular weight is 1520 g/mol. The summed E-state index contributed by atoms with van der Waals surface area (Å²) in [6, 6.07) is 39.4. The van der Waals surface area contributed by atoms with Crippen molar-refractivity contribution in [2.24, 2.45) is 0 Å². The van der Waals surface area contributed by atoms with E-state index in [9.17, 15) is 46.6 Å². The minimum atomic E-state index is -3.74. The molecule has 2 N–H and O–H groups in total. The van der Waals surface area contributed by atoms with Crippen molar-refractivity contribution in [2.75, 3.05) is 28.4 Å². The van der Waals surface area contributed by atoms with E-state index >= 15 is 0 Å². The first-order valence-corrected chi connectivity index (χ1v) is 40.5. The second-order valence-electron chi connectivity index (χ2n) is 25.9. The van der Waals surface area contributed by atoms with Crippen LogP contribution >= 0.6 is 30.9 Å². The number of phosphoric ester groups is 2. The van der Waals surface area contributed by atoms with Crippen LogP contribution in [0.25, 0.3) is 0 Å². The molecule has 6 rings (SSSR count). The van der Waals surface area contributed by atoms with Crippen molar-refractivity contribution in [1.29, 1.82) is 0 Å². The van der Waals surface area contributed by atoms with Crippen LogP contribution < -0.4 is 18.5 Å². The van der Waals surface area contributed by atoms with Crippen LogP contribution in [0.1, 0.15) is 151 Å². The van der Waals surface area contributed by atoms with Crippen molar-refractivity contribution < 1.29 is 103 Å². The number of phosphoric acid groups is 2. The number of carboxylic acids is 1. The van der Waals surface area contributed by atoms with Gasteiger partial charge in [-0.2, -0.15) is 0 Å². The summed E-state index contributed by atoms with van der Waals surface area (Å²) in [6.45, 7) is 21.3. The van der Waals surface area contributed by atoms with Gasteiger partial charge in [-0.05, 0) is 192 Å². The largest absolute Gasteiger partial charge is 0.529 e. The molecule has 0 aliphatic heterocycles. The minimum Gasteiger partial charge on any atom is -0.489 e. The molecule has 0 atom stereocenters. The Bertz CT molecular complexity index is 3380. The molecule has 19 nitrogen and oxygen atoms in total. The molecule has 556 valence electrons. The normalized spacial score (nSPS) is 11.4. The van der Waals surface area contributed by atoms with Crippen LogP contribution in [-0.2, 0) is 126 Å². The van der Waals surface area contributed by atoms with Gasteiger partial charge in [-0.15, -0.1) is 15.3 Å². The number of carboxylic acid groups (broad SMARTS) is 1. The van der Waals surface area contributed by atoms with Crippen LogP contribution in [-0.4, -0.2) is 86.0 Å². The van der Waals surface area contributed by atoms with Crippen LogP contribution in [0.5, 0.6) is 23.0 Å². The highest BCUT2D eigenvalue weighted by Crippen LogP contribution is 2.50. The molecule has 0 aliphatic rings. The van der Waals surface area contributed by atoms with E-state index < -0.39 is 65.1 Å². The lowest BCUT2D eigenvalue weighted by molar-refractivity contribution is -0.155. The lowest BCUT2D eigenvalue weighted by Crippen LogP contribution is -2.24. The van der Waals surface area contributed by atoms with E-state index in [0.717, 1.165) is 47.8 Å². The standard InChI is InChI=1S/C21H25FO3.C21H26O4.C16H24FO6P.C12H16FO6P.C3H9BrSi.CH4/c2*1-21(2,3)25-20(23)12-10-18-13-17(14-22)9-11-19(18)24-15-16-7-5-4-6-8-16;1-16(2,3)22-15(18)9-7-13-10-12(11-17)6-8-14(13)23-24(19,20-4)21-5;1-17-20(16,18-2)19-11-5-3-9(8-13)7-10(11)4-6-12(14)15;1-5(2,3)4;/h4-9,11,13H,10,12,14-15H2,1-3H3;4-9,11,13,22H,10,12,14-15H2,1-3H3;6,8,10H,7,9,11H2,1-5H3;3,5,7H,4,6,8H2,1-2H3,(H,14,15);1-3H3;1H4. The van der Waals surface area contributed by atoms with Crippen molar-refractivity contribution in [3.63, 3.8) is 0 Å². The monoisotopic (exact) mass is 1520 g/mol. The third-order valence-corrected chi connectivity index (χ3v) is 15.2. The summed E-state index contributed by atoms with van der Waals surface area (Å²) < 4.78 is 120. The zero-order chi connectivity index (χ0) is 74.6. The number of ether oxygens (including phenoxy) is 5. The zero-order valence-corrected chi connectivity index (χ0v) is 64.2. The highest BCUT2D eigenvalue weighted by molar-refractivity contribution is 9.26. The third kappa shape index (κ3) is 40.0. The molecule has 0 heterocycles. The Morgan fingerprint density at radius 2 is 0.690 bits per heavy atom. The Hall–Kier alpha value is -6.85. The first-order valence-electron chi connectivity index (χ1n) is 31.8. The number of esters is 3. The van der Waals surface area contributed by atoms with Crippen molar-refractivity contribution >= 4 is 61.5 Å². The SMILES string of the molecule is C.CC(C)(C)OC(=O)CCc1cc(CF)ccc1OCc1ccccc1.CC(C)(C)OC(=O)CCc1cc(CO)ccc1OCc1ccccc1.COP(=O)(OC)Oc1ccc(CF)cc1CCC(=O)O.COP(=O)(OC)Oc1ccc(CF)cc1CCC(=O)OC(C)(C)C.C[Si](C)(C)Br. The van der Waals surface area contributed by atoms with E-state index in [0.29, 0.717) is 59.6 Å². The van der Waals surface area contributed by atoms with Crippen molar-refractivity contribution in [1.82, 2.24) is 0 Å². The zero-order valence-electron chi connectivity index (χ0n) is 59.8. The summed E-state index contributed by atoms with van der Waals surface area (Å²) in [6.07, 6.45) is 1.74. The predicted octanol–water partition coefficient (Wildman–Crippen LogP) is 19.1. The molecule has 0 unspecified atom stereocenters. The van der Waals surface area contributed by atoms with Gasteiger partial charge in [-0.25, -0.2) is 22.3 Å². The highest BCUT2D eigenvalue weighted by atomic mass is 79.9. The Balaban J connectivity index is 0.000000651. The van der Waals surface area contributed by atoms with Gasteiger partial charge in [0.1, 0.15) is 79.7 Å². The Labute approximate surface area is 598 Å². The van der Waals surface area contributed by atoms with E-state index in [2.05, 4.69) is 44.0 Å². The molecule has 0 aromatic heterocycles. The lowest BCUT2D eigenvalue weighted by atomic mass is 10.0. The number of hydrogen-bond acceptors (Lipinski definition) is 18. The smallest absolute Gasteiger partial charge is 0.489 e. The summed E-state index contributed by atoms with van der Waals surface area (Å²) >= 11 is 3.51. The molecule has 0 fully saturated rings. The number of aliphatic carboxylic acids is 1. The Morgan fingerprint density at radius 1 is 0.430 bits per heavy atom. The van der Waals surface area contributed by atoms with Crippen molar-refractivity contribution in [3.8, 4) is 23.0 Å². The summed E-state index contributed by atoms with van der Waals surface area (Å²) in [5, 5.41) is 18.1. The van der Waals surface area contributed by atoms with E-state index in [-0.39, 0.29) is 82.0 Å². The fraction of sp³-hybridized carbons (Fsp3) is 0.459. The molecule has 0 amide bonds. The molecule has 0 bridgehead atoms. The number of hydrogen-bond donors (Lipinski definition) is 2. The third-order valence-electron chi connectivity index (χ3n) is 12.6. The van der Waals surface area contributed by atoms with E-state index in [1.807, 2.05) is 120 Å². The van der Waals surface area contributed by atoms with Crippen LogP contribution in [0.2, 0.25) is 19.6 Å². The number of aliphatic hydroxyl groups excluding tert-OH is 1. The van der Waals surface area contributed by atoms with Gasteiger partial charge in [0.2, 0.25) is 0 Å².